The number of hydrogen-bond donors (Lipinski definition) is 3. The van der Waals surface area contributed by atoms with E-state index in [1.54, 1.807) is 0 Å². The molecule has 1 aliphatic heterocycles. The Kier molecular flexibility index (Phi) is 6.44. The second-order valence-electron chi connectivity index (χ2n) is 6.51. The molecule has 6 heteroatoms. The zero-order chi connectivity index (χ0) is 19.1. The number of carbonyl (C=O) groups excluding carboxylic acids is 1. The van der Waals surface area contributed by atoms with E-state index < -0.39 is 0 Å². The summed E-state index contributed by atoms with van der Waals surface area (Å²) >= 11 is 0. The lowest BCUT2D eigenvalue weighted by molar-refractivity contribution is -0.117. The smallest absolute Gasteiger partial charge is 0.229 e. The fourth-order valence-corrected chi connectivity index (χ4v) is 3.21. The molecule has 3 rings (SSSR count). The van der Waals surface area contributed by atoms with Crippen molar-refractivity contribution in [2.45, 2.75) is 32.5 Å². The first-order chi connectivity index (χ1) is 13.2. The quantitative estimate of drug-likeness (QED) is 0.540. The van der Waals surface area contributed by atoms with Gasteiger partial charge < -0.3 is 20.6 Å². The standard InChI is InChI=1S/C21H26N4O2/c1-2-22-21(23-13-16-8-6-7-9-17(16)15-26)24-18-12-20(27)25(14-18)19-10-4-3-5-11-19/h3-11,18,26H,2,12-15H2,1H3,(H2,22,23,24). The lowest BCUT2D eigenvalue weighted by atomic mass is 10.1. The molecule has 1 aliphatic rings. The summed E-state index contributed by atoms with van der Waals surface area (Å²) in [5, 5.41) is 16.1. The molecule has 1 fully saturated rings. The van der Waals surface area contributed by atoms with Crippen LogP contribution in [0.4, 0.5) is 5.69 Å². The lowest BCUT2D eigenvalue weighted by Crippen LogP contribution is -2.44. The van der Waals surface area contributed by atoms with Crippen LogP contribution in [0.2, 0.25) is 0 Å². The number of nitrogens with one attached hydrogen (secondary N) is 2. The van der Waals surface area contributed by atoms with Crippen molar-refractivity contribution in [2.75, 3.05) is 18.0 Å². The van der Waals surface area contributed by atoms with E-state index in [-0.39, 0.29) is 18.6 Å². The van der Waals surface area contributed by atoms with Crippen LogP contribution in [0.1, 0.15) is 24.5 Å². The van der Waals surface area contributed by atoms with Gasteiger partial charge >= 0.3 is 0 Å². The molecule has 0 bridgehead atoms. The molecule has 1 amide bonds. The number of aliphatic imine (C=N–C) groups is 1. The maximum atomic E-state index is 12.4. The van der Waals surface area contributed by atoms with Crippen LogP contribution in [0, 0.1) is 0 Å². The first-order valence-corrected chi connectivity index (χ1v) is 9.29. The van der Waals surface area contributed by atoms with E-state index in [1.807, 2.05) is 66.4 Å². The van der Waals surface area contributed by atoms with Gasteiger partial charge in [-0.1, -0.05) is 42.5 Å². The number of anilines is 1. The van der Waals surface area contributed by atoms with Gasteiger partial charge in [0.05, 0.1) is 19.2 Å². The molecule has 2 aromatic rings. The second-order valence-corrected chi connectivity index (χ2v) is 6.51. The number of amides is 1. The van der Waals surface area contributed by atoms with Crippen LogP contribution in [0.15, 0.2) is 59.6 Å². The molecule has 1 heterocycles. The molecule has 142 valence electrons. The molecular weight excluding hydrogens is 340 g/mol. The summed E-state index contributed by atoms with van der Waals surface area (Å²) in [4.78, 5) is 18.8. The average molecular weight is 366 g/mol. The SMILES string of the molecule is CCNC(=NCc1ccccc1CO)NC1CC(=O)N(c2ccccc2)C1. The normalized spacial score (nSPS) is 17.3. The average Bonchev–Trinajstić information content (AvgIpc) is 3.07. The summed E-state index contributed by atoms with van der Waals surface area (Å²) in [6.07, 6.45) is 0.437. The topological polar surface area (TPSA) is 77.0 Å². The van der Waals surface area contributed by atoms with Gasteiger partial charge in [0.2, 0.25) is 5.91 Å². The van der Waals surface area contributed by atoms with Crippen LogP contribution >= 0.6 is 0 Å². The number of para-hydroxylation sites is 1. The number of guanidine groups is 1. The predicted octanol–water partition coefficient (Wildman–Crippen LogP) is 2.04. The molecule has 1 saturated heterocycles. The largest absolute Gasteiger partial charge is 0.392 e. The minimum Gasteiger partial charge on any atom is -0.392 e. The number of nitrogens with zero attached hydrogens (tertiary/aromatic N) is 2. The first-order valence-electron chi connectivity index (χ1n) is 9.29. The highest BCUT2D eigenvalue weighted by molar-refractivity contribution is 5.97. The summed E-state index contributed by atoms with van der Waals surface area (Å²) in [7, 11) is 0. The predicted molar refractivity (Wildman–Crippen MR) is 108 cm³/mol. The van der Waals surface area contributed by atoms with Gasteiger partial charge in [-0.2, -0.15) is 0 Å². The van der Waals surface area contributed by atoms with Crippen LogP contribution in [0.5, 0.6) is 0 Å². The molecule has 0 saturated carbocycles. The van der Waals surface area contributed by atoms with Crippen molar-refractivity contribution in [3.05, 3.63) is 65.7 Å². The molecule has 1 unspecified atom stereocenters. The Labute approximate surface area is 159 Å². The van der Waals surface area contributed by atoms with E-state index in [2.05, 4.69) is 15.6 Å². The molecular formula is C21H26N4O2. The van der Waals surface area contributed by atoms with E-state index in [0.717, 1.165) is 23.4 Å². The van der Waals surface area contributed by atoms with Crippen LogP contribution in [-0.2, 0) is 17.9 Å². The van der Waals surface area contributed by atoms with Crippen molar-refractivity contribution in [3.8, 4) is 0 Å². The number of aliphatic hydroxyl groups is 1. The van der Waals surface area contributed by atoms with Crippen molar-refractivity contribution in [1.29, 1.82) is 0 Å². The minimum absolute atomic E-state index is 0.00117. The Bertz CT molecular complexity index is 792. The Morgan fingerprint density at radius 3 is 2.56 bits per heavy atom. The Morgan fingerprint density at radius 1 is 1.15 bits per heavy atom. The maximum Gasteiger partial charge on any atom is 0.229 e. The van der Waals surface area contributed by atoms with Gasteiger partial charge in [-0.3, -0.25) is 4.79 Å². The lowest BCUT2D eigenvalue weighted by Gasteiger charge is -2.19. The summed E-state index contributed by atoms with van der Waals surface area (Å²) < 4.78 is 0. The number of aliphatic hydroxyl groups excluding tert-OH is 1. The van der Waals surface area contributed by atoms with Crippen molar-refractivity contribution in [1.82, 2.24) is 10.6 Å². The molecule has 0 spiro atoms. The fourth-order valence-electron chi connectivity index (χ4n) is 3.21. The van der Waals surface area contributed by atoms with E-state index in [4.69, 9.17) is 0 Å². The zero-order valence-electron chi connectivity index (χ0n) is 15.6. The monoisotopic (exact) mass is 366 g/mol. The number of benzene rings is 2. The third kappa shape index (κ3) is 4.86. The molecule has 0 aliphatic carbocycles. The third-order valence-corrected chi connectivity index (χ3v) is 4.57. The number of rotatable bonds is 6. The van der Waals surface area contributed by atoms with Gasteiger partial charge in [0.15, 0.2) is 5.96 Å². The van der Waals surface area contributed by atoms with E-state index in [1.165, 1.54) is 0 Å². The van der Waals surface area contributed by atoms with Crippen LogP contribution in [-0.4, -0.2) is 36.1 Å². The molecule has 1 atom stereocenters. The van der Waals surface area contributed by atoms with Gasteiger partial charge in [0.25, 0.3) is 0 Å². The van der Waals surface area contributed by atoms with Gasteiger partial charge in [0, 0.05) is 25.2 Å². The van der Waals surface area contributed by atoms with Crippen LogP contribution in [0.3, 0.4) is 0 Å². The summed E-state index contributed by atoms with van der Waals surface area (Å²) in [6.45, 7) is 3.82. The number of hydrogen-bond acceptors (Lipinski definition) is 3. The zero-order valence-corrected chi connectivity index (χ0v) is 15.6. The second kappa shape index (κ2) is 9.19. The summed E-state index contributed by atoms with van der Waals surface area (Å²) in [6, 6.07) is 17.4. The van der Waals surface area contributed by atoms with E-state index in [0.29, 0.717) is 25.5 Å². The van der Waals surface area contributed by atoms with Gasteiger partial charge in [-0.15, -0.1) is 0 Å². The van der Waals surface area contributed by atoms with Crippen molar-refractivity contribution >= 4 is 17.6 Å². The van der Waals surface area contributed by atoms with E-state index >= 15 is 0 Å². The van der Waals surface area contributed by atoms with Gasteiger partial charge in [-0.25, -0.2) is 4.99 Å². The third-order valence-electron chi connectivity index (χ3n) is 4.57. The first kappa shape index (κ1) is 18.9. The molecule has 6 nitrogen and oxygen atoms in total. The summed E-state index contributed by atoms with van der Waals surface area (Å²) in [5.41, 5.74) is 2.79. The van der Waals surface area contributed by atoms with Gasteiger partial charge in [-0.05, 0) is 30.2 Å². The minimum atomic E-state index is -0.00117. The maximum absolute atomic E-state index is 12.4. The highest BCUT2D eigenvalue weighted by Gasteiger charge is 2.31. The molecule has 0 radical (unpaired) electrons. The van der Waals surface area contributed by atoms with Gasteiger partial charge in [0.1, 0.15) is 0 Å². The fraction of sp³-hybridized carbons (Fsp3) is 0.333. The Morgan fingerprint density at radius 2 is 1.85 bits per heavy atom. The Balaban J connectivity index is 1.67. The molecule has 27 heavy (non-hydrogen) atoms. The van der Waals surface area contributed by atoms with Crippen molar-refractivity contribution < 1.29 is 9.90 Å². The van der Waals surface area contributed by atoms with Crippen LogP contribution in [0.25, 0.3) is 0 Å². The number of carbonyl (C=O) groups is 1. The van der Waals surface area contributed by atoms with Crippen LogP contribution < -0.4 is 15.5 Å². The van der Waals surface area contributed by atoms with E-state index in [9.17, 15) is 9.90 Å². The van der Waals surface area contributed by atoms with Crippen molar-refractivity contribution in [3.63, 3.8) is 0 Å². The Hall–Kier alpha value is -2.86. The van der Waals surface area contributed by atoms with Crippen molar-refractivity contribution in [2.24, 2.45) is 4.99 Å². The molecule has 2 aromatic carbocycles. The molecule has 3 N–H and O–H groups in total. The summed E-state index contributed by atoms with van der Waals surface area (Å²) in [5.74, 6) is 0.790. The highest BCUT2D eigenvalue weighted by Crippen LogP contribution is 2.21. The molecule has 0 aromatic heterocycles. The highest BCUT2D eigenvalue weighted by atomic mass is 16.3.